The first-order valence-corrected chi connectivity index (χ1v) is 12.2. The summed E-state index contributed by atoms with van der Waals surface area (Å²) in [5, 5.41) is 1.22. The Hall–Kier alpha value is -1.43. The van der Waals surface area contributed by atoms with E-state index in [1.54, 1.807) is 6.07 Å². The summed E-state index contributed by atoms with van der Waals surface area (Å²) in [6, 6.07) is 6.14. The number of hydrogen-bond donors (Lipinski definition) is 0. The lowest BCUT2D eigenvalue weighted by Gasteiger charge is -2.31. The molecule has 1 aliphatic heterocycles. The number of benzene rings is 1. The molecule has 2 aliphatic rings. The van der Waals surface area contributed by atoms with E-state index in [1.807, 2.05) is 24.5 Å². The van der Waals surface area contributed by atoms with Crippen molar-refractivity contribution < 1.29 is 0 Å². The molecule has 2 fully saturated rings. The summed E-state index contributed by atoms with van der Waals surface area (Å²) >= 11 is 14.7. The van der Waals surface area contributed by atoms with E-state index in [1.165, 1.54) is 36.6 Å². The second kappa shape index (κ2) is 8.01. The first-order chi connectivity index (χ1) is 14.2. The van der Waals surface area contributed by atoms with Gasteiger partial charge in [0.2, 0.25) is 0 Å². The van der Waals surface area contributed by atoms with Gasteiger partial charge in [0.1, 0.15) is 11.5 Å². The quantitative estimate of drug-likeness (QED) is 0.465. The van der Waals surface area contributed by atoms with Gasteiger partial charge < -0.3 is 4.90 Å². The summed E-state index contributed by atoms with van der Waals surface area (Å²) in [7, 11) is 0. The minimum Gasteiger partial charge on any atom is -0.352 e. The summed E-state index contributed by atoms with van der Waals surface area (Å²) < 4.78 is 2.23. The molecule has 1 aromatic carbocycles. The van der Waals surface area contributed by atoms with E-state index in [9.17, 15) is 0 Å². The van der Waals surface area contributed by atoms with Gasteiger partial charge in [-0.2, -0.15) is 11.8 Å². The second-order valence-electron chi connectivity index (χ2n) is 7.94. The normalized spacial score (nSPS) is 19.2. The fourth-order valence-corrected chi connectivity index (χ4v) is 5.90. The third kappa shape index (κ3) is 3.73. The molecule has 0 spiro atoms. The molecule has 1 unspecified atom stereocenters. The molecule has 3 heterocycles. The summed E-state index contributed by atoms with van der Waals surface area (Å²) in [5.41, 5.74) is 3.69. The molecular formula is C22H24Cl2N4S. The van der Waals surface area contributed by atoms with Crippen LogP contribution in [0.4, 0.5) is 5.82 Å². The van der Waals surface area contributed by atoms with Gasteiger partial charge in [-0.15, -0.1) is 0 Å². The molecule has 3 aromatic rings. The Labute approximate surface area is 185 Å². The first kappa shape index (κ1) is 19.5. The number of imidazole rings is 1. The molecule has 7 heteroatoms. The van der Waals surface area contributed by atoms with Gasteiger partial charge in [0.15, 0.2) is 5.65 Å². The lowest BCUT2D eigenvalue weighted by Crippen LogP contribution is -2.38. The average Bonchev–Trinajstić information content (AvgIpc) is 3.23. The van der Waals surface area contributed by atoms with E-state index in [0.29, 0.717) is 16.1 Å². The Bertz CT molecular complexity index is 1040. The van der Waals surface area contributed by atoms with Gasteiger partial charge in [0.05, 0.1) is 10.7 Å². The number of rotatable bonds is 6. The van der Waals surface area contributed by atoms with Crippen LogP contribution in [0.25, 0.3) is 16.9 Å². The fraction of sp³-hybridized carbons (Fsp3) is 0.455. The Morgan fingerprint density at radius 2 is 2.10 bits per heavy atom. The molecule has 2 aromatic heterocycles. The van der Waals surface area contributed by atoms with Crippen molar-refractivity contribution in [3.63, 3.8) is 0 Å². The van der Waals surface area contributed by atoms with Crippen LogP contribution in [0.1, 0.15) is 31.9 Å². The minimum atomic E-state index is 0.585. The molecule has 1 aliphatic carbocycles. The maximum absolute atomic E-state index is 6.51. The molecule has 29 heavy (non-hydrogen) atoms. The van der Waals surface area contributed by atoms with Crippen molar-refractivity contribution in [3.8, 4) is 11.3 Å². The predicted octanol–water partition coefficient (Wildman–Crippen LogP) is 5.99. The maximum Gasteiger partial charge on any atom is 0.165 e. The van der Waals surface area contributed by atoms with Crippen molar-refractivity contribution in [2.75, 3.05) is 23.0 Å². The monoisotopic (exact) mass is 446 g/mol. The standard InChI is InChI=1S/C22H24Cl2N4S/c1-2-19-22(28(12-14-3-4-14)16-7-10-29-13-16)27-9-8-25-20(21(27)26-19)17-6-5-15(23)11-18(17)24/h5-6,8-9,11,14,16H,2-4,7,10,12-13H2,1H3. The highest BCUT2D eigenvalue weighted by atomic mass is 35.5. The third-order valence-electron chi connectivity index (χ3n) is 5.88. The zero-order chi connectivity index (χ0) is 20.0. The predicted molar refractivity (Wildman–Crippen MR) is 124 cm³/mol. The number of anilines is 1. The molecule has 0 amide bonds. The number of aryl methyl sites for hydroxylation is 1. The van der Waals surface area contributed by atoms with Gasteiger partial charge in [-0.3, -0.25) is 9.38 Å². The van der Waals surface area contributed by atoms with Gasteiger partial charge in [-0.25, -0.2) is 4.98 Å². The summed E-state index contributed by atoms with van der Waals surface area (Å²) in [5.74, 6) is 4.51. The summed E-state index contributed by atoms with van der Waals surface area (Å²) in [6.07, 6.45) is 8.74. The smallest absolute Gasteiger partial charge is 0.165 e. The molecule has 0 bridgehead atoms. The van der Waals surface area contributed by atoms with E-state index in [2.05, 4.69) is 33.0 Å². The Morgan fingerprint density at radius 1 is 1.24 bits per heavy atom. The minimum absolute atomic E-state index is 0.585. The lowest BCUT2D eigenvalue weighted by molar-refractivity contribution is 0.604. The van der Waals surface area contributed by atoms with Gasteiger partial charge in [-0.1, -0.05) is 30.1 Å². The summed E-state index contributed by atoms with van der Waals surface area (Å²) in [4.78, 5) is 12.3. The van der Waals surface area contributed by atoms with E-state index in [4.69, 9.17) is 28.2 Å². The first-order valence-electron chi connectivity index (χ1n) is 10.3. The highest BCUT2D eigenvalue weighted by molar-refractivity contribution is 7.99. The Kier molecular flexibility index (Phi) is 5.39. The number of halogens is 2. The SMILES string of the molecule is CCc1nc2c(-c3ccc(Cl)cc3Cl)nccn2c1N(CC1CC1)C1CCSC1. The number of fused-ring (bicyclic) bond motifs is 1. The molecule has 4 nitrogen and oxygen atoms in total. The Balaban J connectivity index is 1.67. The van der Waals surface area contributed by atoms with Crippen molar-refractivity contribution in [3.05, 3.63) is 46.3 Å². The van der Waals surface area contributed by atoms with Gasteiger partial charge in [0.25, 0.3) is 0 Å². The third-order valence-corrected chi connectivity index (χ3v) is 7.57. The summed E-state index contributed by atoms with van der Waals surface area (Å²) in [6.45, 7) is 3.32. The van der Waals surface area contributed by atoms with Crippen LogP contribution in [0.15, 0.2) is 30.6 Å². The number of aromatic nitrogens is 3. The molecule has 5 rings (SSSR count). The van der Waals surface area contributed by atoms with Crippen molar-refractivity contribution in [1.29, 1.82) is 0 Å². The Morgan fingerprint density at radius 3 is 2.79 bits per heavy atom. The van der Waals surface area contributed by atoms with Crippen molar-refractivity contribution >= 4 is 46.4 Å². The molecule has 0 radical (unpaired) electrons. The zero-order valence-corrected chi connectivity index (χ0v) is 18.8. The van der Waals surface area contributed by atoms with Crippen LogP contribution in [0.5, 0.6) is 0 Å². The number of thioether (sulfide) groups is 1. The lowest BCUT2D eigenvalue weighted by atomic mass is 10.1. The molecule has 152 valence electrons. The van der Waals surface area contributed by atoms with Crippen molar-refractivity contribution in [2.45, 2.75) is 38.6 Å². The number of hydrogen-bond acceptors (Lipinski definition) is 4. The zero-order valence-electron chi connectivity index (χ0n) is 16.4. The van der Waals surface area contributed by atoms with Crippen LogP contribution < -0.4 is 4.90 Å². The topological polar surface area (TPSA) is 33.4 Å². The fourth-order valence-electron chi connectivity index (χ4n) is 4.18. The highest BCUT2D eigenvalue weighted by Crippen LogP contribution is 2.38. The van der Waals surface area contributed by atoms with E-state index >= 15 is 0 Å². The second-order valence-corrected chi connectivity index (χ2v) is 9.94. The molecule has 1 saturated heterocycles. The van der Waals surface area contributed by atoms with Crippen LogP contribution in [-0.2, 0) is 6.42 Å². The maximum atomic E-state index is 6.51. The van der Waals surface area contributed by atoms with Crippen LogP contribution in [-0.4, -0.2) is 38.5 Å². The molecular weight excluding hydrogens is 423 g/mol. The van der Waals surface area contributed by atoms with Crippen molar-refractivity contribution in [1.82, 2.24) is 14.4 Å². The van der Waals surface area contributed by atoms with Gasteiger partial charge in [0, 0.05) is 41.3 Å². The largest absolute Gasteiger partial charge is 0.352 e. The van der Waals surface area contributed by atoms with Crippen LogP contribution in [0.3, 0.4) is 0 Å². The van der Waals surface area contributed by atoms with E-state index in [-0.39, 0.29) is 0 Å². The van der Waals surface area contributed by atoms with Crippen molar-refractivity contribution in [2.24, 2.45) is 5.92 Å². The van der Waals surface area contributed by atoms with E-state index in [0.717, 1.165) is 41.5 Å². The highest BCUT2D eigenvalue weighted by Gasteiger charge is 2.33. The van der Waals surface area contributed by atoms with Gasteiger partial charge >= 0.3 is 0 Å². The molecule has 1 saturated carbocycles. The molecule has 1 atom stereocenters. The van der Waals surface area contributed by atoms with E-state index < -0.39 is 0 Å². The number of nitrogens with zero attached hydrogens (tertiary/aromatic N) is 4. The van der Waals surface area contributed by atoms with Crippen LogP contribution >= 0.6 is 35.0 Å². The van der Waals surface area contributed by atoms with Gasteiger partial charge in [-0.05, 0) is 55.6 Å². The molecule has 0 N–H and O–H groups in total. The van der Waals surface area contributed by atoms with Crippen LogP contribution in [0.2, 0.25) is 10.0 Å². The average molecular weight is 447 g/mol. The van der Waals surface area contributed by atoms with Crippen LogP contribution in [0, 0.1) is 5.92 Å².